The molecule has 0 atom stereocenters. The van der Waals surface area contributed by atoms with Crippen molar-refractivity contribution in [3.05, 3.63) is 0 Å². The summed E-state index contributed by atoms with van der Waals surface area (Å²) in [5.41, 5.74) is 0. The van der Waals surface area contributed by atoms with E-state index in [0.717, 1.165) is 19.6 Å². The summed E-state index contributed by atoms with van der Waals surface area (Å²) in [6, 6.07) is 0. The largest absolute Gasteiger partial charge is 0.385 e. The van der Waals surface area contributed by atoms with Gasteiger partial charge in [-0.1, -0.05) is 33.1 Å². The minimum absolute atomic E-state index is 0.551. The van der Waals surface area contributed by atoms with Gasteiger partial charge in [-0.2, -0.15) is 0 Å². The predicted octanol–water partition coefficient (Wildman–Crippen LogP) is 3.40. The first kappa shape index (κ1) is 13.9. The Morgan fingerprint density at radius 3 is 2.21 bits per heavy atom. The van der Waals surface area contributed by atoms with E-state index in [2.05, 4.69) is 0 Å². The number of methoxy groups -OCH3 is 1. The van der Waals surface area contributed by atoms with Gasteiger partial charge in [-0.05, 0) is 19.3 Å². The molecule has 1 rings (SSSR count). The molecule has 1 aliphatic rings. The van der Waals surface area contributed by atoms with E-state index < -0.39 is 0 Å². The first-order chi connectivity index (χ1) is 6.93. The molecular weight excluding hydrogens is 176 g/mol. The first-order valence-corrected chi connectivity index (χ1v) is 6.04. The molecule has 0 unspecified atom stereocenters. The monoisotopic (exact) mass is 202 g/mol. The second-order valence-corrected chi connectivity index (χ2v) is 3.48. The molecule has 0 heterocycles. The molecule has 0 aromatic rings. The fraction of sp³-hybridized carbons (Fsp3) is 1.00. The standard InChI is InChI=1S/C10H20O2.C2H6/c1-11-8-5-9-12-10-6-3-2-4-7-10;1-2/h10H,2-9H2,1H3;1-2H3. The summed E-state index contributed by atoms with van der Waals surface area (Å²) in [4.78, 5) is 0. The van der Waals surface area contributed by atoms with E-state index in [1.165, 1.54) is 32.1 Å². The van der Waals surface area contributed by atoms with E-state index in [4.69, 9.17) is 9.47 Å². The maximum atomic E-state index is 5.70. The lowest BCUT2D eigenvalue weighted by Gasteiger charge is -2.21. The van der Waals surface area contributed by atoms with Crippen molar-refractivity contribution in [2.45, 2.75) is 58.5 Å². The Hall–Kier alpha value is -0.0800. The summed E-state index contributed by atoms with van der Waals surface area (Å²) in [5, 5.41) is 0. The second-order valence-electron chi connectivity index (χ2n) is 3.48. The summed E-state index contributed by atoms with van der Waals surface area (Å²) in [7, 11) is 1.74. The van der Waals surface area contributed by atoms with Gasteiger partial charge in [0.25, 0.3) is 0 Å². The summed E-state index contributed by atoms with van der Waals surface area (Å²) in [6.07, 6.45) is 8.24. The molecule has 14 heavy (non-hydrogen) atoms. The Labute approximate surface area is 89.0 Å². The molecule has 0 bridgehead atoms. The minimum atomic E-state index is 0.551. The fourth-order valence-corrected chi connectivity index (χ4v) is 1.69. The molecule has 2 nitrogen and oxygen atoms in total. The molecule has 0 amide bonds. The fourth-order valence-electron chi connectivity index (χ4n) is 1.69. The van der Waals surface area contributed by atoms with Crippen molar-refractivity contribution in [3.63, 3.8) is 0 Å². The summed E-state index contributed by atoms with van der Waals surface area (Å²) in [5.74, 6) is 0. The Balaban J connectivity index is 0.000000791. The van der Waals surface area contributed by atoms with Crippen LogP contribution in [-0.2, 0) is 9.47 Å². The van der Waals surface area contributed by atoms with Crippen LogP contribution in [0, 0.1) is 0 Å². The van der Waals surface area contributed by atoms with Crippen molar-refractivity contribution in [2.24, 2.45) is 0 Å². The van der Waals surface area contributed by atoms with Crippen molar-refractivity contribution in [3.8, 4) is 0 Å². The molecule has 86 valence electrons. The van der Waals surface area contributed by atoms with E-state index in [1.54, 1.807) is 7.11 Å². The van der Waals surface area contributed by atoms with E-state index in [0.29, 0.717) is 6.10 Å². The average Bonchev–Trinajstić information content (AvgIpc) is 2.29. The van der Waals surface area contributed by atoms with Crippen molar-refractivity contribution in [1.29, 1.82) is 0 Å². The van der Waals surface area contributed by atoms with Gasteiger partial charge in [-0.25, -0.2) is 0 Å². The topological polar surface area (TPSA) is 18.5 Å². The van der Waals surface area contributed by atoms with E-state index >= 15 is 0 Å². The van der Waals surface area contributed by atoms with Crippen LogP contribution in [0.5, 0.6) is 0 Å². The van der Waals surface area contributed by atoms with Gasteiger partial charge in [-0.15, -0.1) is 0 Å². The highest BCUT2D eigenvalue weighted by Gasteiger charge is 2.12. The van der Waals surface area contributed by atoms with E-state index in [-0.39, 0.29) is 0 Å². The third-order valence-electron chi connectivity index (χ3n) is 2.40. The zero-order chi connectivity index (χ0) is 10.6. The molecule has 0 N–H and O–H groups in total. The average molecular weight is 202 g/mol. The predicted molar refractivity (Wildman–Crippen MR) is 60.7 cm³/mol. The molecule has 0 aromatic carbocycles. The van der Waals surface area contributed by atoms with Gasteiger partial charge in [0.1, 0.15) is 0 Å². The van der Waals surface area contributed by atoms with Crippen LogP contribution in [0.2, 0.25) is 0 Å². The van der Waals surface area contributed by atoms with Crippen molar-refractivity contribution in [1.82, 2.24) is 0 Å². The molecule has 1 aliphatic carbocycles. The van der Waals surface area contributed by atoms with Crippen LogP contribution in [0.1, 0.15) is 52.4 Å². The smallest absolute Gasteiger partial charge is 0.0575 e. The van der Waals surface area contributed by atoms with Gasteiger partial charge in [0.05, 0.1) is 6.10 Å². The van der Waals surface area contributed by atoms with Crippen LogP contribution in [-0.4, -0.2) is 26.4 Å². The van der Waals surface area contributed by atoms with Crippen molar-refractivity contribution in [2.75, 3.05) is 20.3 Å². The molecule has 0 saturated heterocycles. The molecule has 0 radical (unpaired) electrons. The van der Waals surface area contributed by atoms with Crippen LogP contribution < -0.4 is 0 Å². The van der Waals surface area contributed by atoms with Gasteiger partial charge >= 0.3 is 0 Å². The van der Waals surface area contributed by atoms with Crippen LogP contribution >= 0.6 is 0 Å². The summed E-state index contributed by atoms with van der Waals surface area (Å²) in [6.45, 7) is 5.70. The number of rotatable bonds is 5. The van der Waals surface area contributed by atoms with Crippen LogP contribution in [0.25, 0.3) is 0 Å². The molecule has 0 spiro atoms. The van der Waals surface area contributed by atoms with Crippen molar-refractivity contribution < 1.29 is 9.47 Å². The maximum absolute atomic E-state index is 5.70. The molecule has 2 heteroatoms. The van der Waals surface area contributed by atoms with Crippen LogP contribution in [0.3, 0.4) is 0 Å². The Morgan fingerprint density at radius 1 is 1.00 bits per heavy atom. The lowest BCUT2D eigenvalue weighted by molar-refractivity contribution is 0.0182. The van der Waals surface area contributed by atoms with Crippen LogP contribution in [0.15, 0.2) is 0 Å². The highest BCUT2D eigenvalue weighted by molar-refractivity contribution is 4.64. The van der Waals surface area contributed by atoms with Gasteiger partial charge in [0, 0.05) is 20.3 Å². The first-order valence-electron chi connectivity index (χ1n) is 6.04. The molecule has 0 aliphatic heterocycles. The Morgan fingerprint density at radius 2 is 1.64 bits per heavy atom. The Bertz CT molecular complexity index is 98.5. The molecule has 0 aromatic heterocycles. The highest BCUT2D eigenvalue weighted by Crippen LogP contribution is 2.20. The quantitative estimate of drug-likeness (QED) is 0.636. The van der Waals surface area contributed by atoms with Gasteiger partial charge in [0.2, 0.25) is 0 Å². The highest BCUT2D eigenvalue weighted by atomic mass is 16.5. The lowest BCUT2D eigenvalue weighted by Crippen LogP contribution is -2.17. The lowest BCUT2D eigenvalue weighted by atomic mass is 9.98. The zero-order valence-corrected chi connectivity index (χ0v) is 10.1. The van der Waals surface area contributed by atoms with E-state index in [1.807, 2.05) is 13.8 Å². The molecular formula is C12H26O2. The number of hydrogen-bond acceptors (Lipinski definition) is 2. The SMILES string of the molecule is CC.COCCCOC1CCCCC1. The number of hydrogen-bond donors (Lipinski definition) is 0. The summed E-state index contributed by atoms with van der Waals surface area (Å²) >= 11 is 0. The van der Waals surface area contributed by atoms with Gasteiger partial charge in [0.15, 0.2) is 0 Å². The normalized spacial score (nSPS) is 17.4. The Kier molecular flexibility index (Phi) is 10.9. The maximum Gasteiger partial charge on any atom is 0.0575 e. The van der Waals surface area contributed by atoms with E-state index in [9.17, 15) is 0 Å². The molecule has 1 saturated carbocycles. The minimum Gasteiger partial charge on any atom is -0.385 e. The second kappa shape index (κ2) is 11.0. The van der Waals surface area contributed by atoms with Gasteiger partial charge < -0.3 is 9.47 Å². The van der Waals surface area contributed by atoms with Crippen LogP contribution in [0.4, 0.5) is 0 Å². The third kappa shape index (κ3) is 7.34. The summed E-state index contributed by atoms with van der Waals surface area (Å²) < 4.78 is 10.7. The number of ether oxygens (including phenoxy) is 2. The van der Waals surface area contributed by atoms with Crippen molar-refractivity contribution >= 4 is 0 Å². The molecule has 1 fully saturated rings. The third-order valence-corrected chi connectivity index (χ3v) is 2.40. The zero-order valence-electron chi connectivity index (χ0n) is 10.1. The van der Waals surface area contributed by atoms with Gasteiger partial charge in [-0.3, -0.25) is 0 Å².